The van der Waals surface area contributed by atoms with E-state index in [0.717, 1.165) is 0 Å². The molecule has 0 radical (unpaired) electrons. The van der Waals surface area contributed by atoms with Crippen molar-refractivity contribution in [2.45, 2.75) is 0 Å². The van der Waals surface area contributed by atoms with Crippen molar-refractivity contribution in [2.75, 3.05) is 0 Å². The lowest BCUT2D eigenvalue weighted by Crippen LogP contribution is -2.18. The molecule has 2 N–H and O–H groups in total. The van der Waals surface area contributed by atoms with Crippen LogP contribution in [-0.4, -0.2) is 17.2 Å². The highest BCUT2D eigenvalue weighted by Gasteiger charge is 2.24. The molecule has 0 spiro atoms. The minimum Gasteiger partial charge on any atom is -0.508 e. The predicted molar refractivity (Wildman–Crippen MR) is 69.4 cm³/mol. The molecule has 2 aromatic rings. The Labute approximate surface area is 125 Å². The fourth-order valence-electron chi connectivity index (χ4n) is 1.57. The summed E-state index contributed by atoms with van der Waals surface area (Å²) in [5, 5.41) is 12.2. The van der Waals surface area contributed by atoms with Crippen LogP contribution in [0.15, 0.2) is 29.4 Å². The Morgan fingerprint density at radius 1 is 0.913 bits per heavy atom. The molecule has 0 atom stereocenters. The summed E-state index contributed by atoms with van der Waals surface area (Å²) in [6.07, 6.45) is 0.300. The SMILES string of the molecule is O=C(N/N=C\c1c(F)c(F)c(F)c(F)c1F)c1ccc(O)cc1. The van der Waals surface area contributed by atoms with Crippen LogP contribution in [0.25, 0.3) is 0 Å². The Morgan fingerprint density at radius 2 is 1.39 bits per heavy atom. The molecule has 9 heteroatoms. The Hall–Kier alpha value is -2.97. The quantitative estimate of drug-likeness (QED) is 0.299. The molecule has 120 valence electrons. The van der Waals surface area contributed by atoms with Crippen molar-refractivity contribution < 1.29 is 31.9 Å². The van der Waals surface area contributed by atoms with Crippen LogP contribution in [0.2, 0.25) is 0 Å². The Bertz CT molecular complexity index is 762. The molecule has 0 aliphatic rings. The van der Waals surface area contributed by atoms with Gasteiger partial charge in [0.05, 0.1) is 11.8 Å². The average molecular weight is 330 g/mol. The molecule has 4 nitrogen and oxygen atoms in total. The number of nitrogens with one attached hydrogen (secondary N) is 1. The van der Waals surface area contributed by atoms with E-state index >= 15 is 0 Å². The number of aromatic hydroxyl groups is 1. The number of hydrogen-bond donors (Lipinski definition) is 2. The first-order valence-electron chi connectivity index (χ1n) is 5.96. The van der Waals surface area contributed by atoms with Gasteiger partial charge in [0.25, 0.3) is 5.91 Å². The van der Waals surface area contributed by atoms with E-state index in [2.05, 4.69) is 5.10 Å². The zero-order valence-corrected chi connectivity index (χ0v) is 11.1. The molecular formula is C14H7F5N2O2. The lowest BCUT2D eigenvalue weighted by molar-refractivity contribution is 0.0955. The van der Waals surface area contributed by atoms with E-state index in [-0.39, 0.29) is 11.3 Å². The van der Waals surface area contributed by atoms with E-state index in [4.69, 9.17) is 5.11 Å². The van der Waals surface area contributed by atoms with Crippen LogP contribution in [0.3, 0.4) is 0 Å². The second kappa shape index (κ2) is 6.42. The maximum atomic E-state index is 13.3. The maximum Gasteiger partial charge on any atom is 0.271 e. The summed E-state index contributed by atoms with van der Waals surface area (Å²) in [6, 6.07) is 4.89. The topological polar surface area (TPSA) is 61.7 Å². The van der Waals surface area contributed by atoms with E-state index in [1.165, 1.54) is 24.3 Å². The number of rotatable bonds is 3. The molecular weight excluding hydrogens is 323 g/mol. The summed E-state index contributed by atoms with van der Waals surface area (Å²) < 4.78 is 65.4. The highest BCUT2D eigenvalue weighted by molar-refractivity contribution is 5.95. The Morgan fingerprint density at radius 3 is 1.91 bits per heavy atom. The molecule has 2 rings (SSSR count). The molecule has 0 heterocycles. The van der Waals surface area contributed by atoms with Crippen LogP contribution in [0.5, 0.6) is 5.75 Å². The van der Waals surface area contributed by atoms with Crippen LogP contribution < -0.4 is 5.43 Å². The van der Waals surface area contributed by atoms with Gasteiger partial charge in [0.15, 0.2) is 23.3 Å². The van der Waals surface area contributed by atoms with Gasteiger partial charge in [-0.1, -0.05) is 0 Å². The third-order valence-electron chi connectivity index (χ3n) is 2.73. The maximum absolute atomic E-state index is 13.3. The van der Waals surface area contributed by atoms with Gasteiger partial charge in [-0.15, -0.1) is 0 Å². The first-order valence-corrected chi connectivity index (χ1v) is 5.96. The molecule has 0 saturated carbocycles. The summed E-state index contributed by atoms with van der Waals surface area (Å²) >= 11 is 0. The monoisotopic (exact) mass is 330 g/mol. The molecule has 0 unspecified atom stereocenters. The van der Waals surface area contributed by atoms with Crippen molar-refractivity contribution in [3.8, 4) is 5.75 Å². The highest BCUT2D eigenvalue weighted by atomic mass is 19.2. The fourth-order valence-corrected chi connectivity index (χ4v) is 1.57. The van der Waals surface area contributed by atoms with Crippen LogP contribution in [0.1, 0.15) is 15.9 Å². The van der Waals surface area contributed by atoms with Gasteiger partial charge in [-0.05, 0) is 24.3 Å². The summed E-state index contributed by atoms with van der Waals surface area (Å²) in [5.41, 5.74) is 0.620. The summed E-state index contributed by atoms with van der Waals surface area (Å²) in [4.78, 5) is 11.6. The van der Waals surface area contributed by atoms with Crippen LogP contribution >= 0.6 is 0 Å². The lowest BCUT2D eigenvalue weighted by Gasteiger charge is -2.04. The third kappa shape index (κ3) is 3.28. The Balaban J connectivity index is 2.21. The van der Waals surface area contributed by atoms with Gasteiger partial charge in [0.2, 0.25) is 5.82 Å². The number of hydrogen-bond acceptors (Lipinski definition) is 3. The summed E-state index contributed by atoms with van der Waals surface area (Å²) in [7, 11) is 0. The molecule has 0 aliphatic heterocycles. The molecule has 0 aliphatic carbocycles. The van der Waals surface area contributed by atoms with Crippen LogP contribution in [0.4, 0.5) is 22.0 Å². The first kappa shape index (κ1) is 16.4. The largest absolute Gasteiger partial charge is 0.508 e. The second-order valence-electron chi connectivity index (χ2n) is 4.23. The fraction of sp³-hybridized carbons (Fsp3) is 0. The molecule has 1 amide bonds. The van der Waals surface area contributed by atoms with Gasteiger partial charge in [-0.3, -0.25) is 4.79 Å². The van der Waals surface area contributed by atoms with E-state index in [1.54, 1.807) is 0 Å². The normalized spacial score (nSPS) is 11.0. The van der Waals surface area contributed by atoms with Crippen molar-refractivity contribution in [1.82, 2.24) is 5.43 Å². The van der Waals surface area contributed by atoms with E-state index in [9.17, 15) is 26.7 Å². The molecule has 0 saturated heterocycles. The van der Waals surface area contributed by atoms with Crippen LogP contribution in [-0.2, 0) is 0 Å². The number of nitrogens with zero attached hydrogens (tertiary/aromatic N) is 1. The zero-order valence-electron chi connectivity index (χ0n) is 11.1. The van der Waals surface area contributed by atoms with Gasteiger partial charge >= 0.3 is 0 Å². The summed E-state index contributed by atoms with van der Waals surface area (Å²) in [6.45, 7) is 0. The smallest absolute Gasteiger partial charge is 0.271 e. The molecule has 0 fully saturated rings. The highest BCUT2D eigenvalue weighted by Crippen LogP contribution is 2.21. The zero-order chi connectivity index (χ0) is 17.1. The molecule has 0 bridgehead atoms. The number of amides is 1. The first-order chi connectivity index (χ1) is 10.8. The number of phenols is 1. The minimum atomic E-state index is -2.29. The lowest BCUT2D eigenvalue weighted by atomic mass is 10.2. The number of benzene rings is 2. The van der Waals surface area contributed by atoms with Gasteiger partial charge in [-0.25, -0.2) is 27.4 Å². The standard InChI is InChI=1S/C14H7F5N2O2/c15-9-8(10(16)12(18)13(19)11(9)17)5-20-21-14(23)6-1-3-7(22)4-2-6/h1-5,22H,(H,21,23)/b20-5-. The average Bonchev–Trinajstić information content (AvgIpc) is 2.54. The van der Waals surface area contributed by atoms with Crippen molar-refractivity contribution in [3.63, 3.8) is 0 Å². The van der Waals surface area contributed by atoms with Gasteiger partial charge in [-0.2, -0.15) is 5.10 Å². The predicted octanol–water partition coefficient (Wildman–Crippen LogP) is 2.85. The number of phenolic OH excluding ortho intramolecular Hbond substituents is 1. The van der Waals surface area contributed by atoms with E-state index in [1.807, 2.05) is 5.43 Å². The van der Waals surface area contributed by atoms with Crippen LogP contribution in [0, 0.1) is 29.1 Å². The number of carbonyl (C=O) groups excluding carboxylic acids is 1. The van der Waals surface area contributed by atoms with E-state index < -0.39 is 40.6 Å². The molecule has 23 heavy (non-hydrogen) atoms. The van der Waals surface area contributed by atoms with Crippen molar-refractivity contribution in [2.24, 2.45) is 5.10 Å². The van der Waals surface area contributed by atoms with Gasteiger partial charge < -0.3 is 5.11 Å². The van der Waals surface area contributed by atoms with Gasteiger partial charge in [0, 0.05) is 5.56 Å². The van der Waals surface area contributed by atoms with Gasteiger partial charge in [0.1, 0.15) is 5.75 Å². The molecule has 0 aromatic heterocycles. The number of hydrazone groups is 1. The number of halogens is 5. The minimum absolute atomic E-state index is 0.0531. The van der Waals surface area contributed by atoms with Crippen molar-refractivity contribution in [3.05, 3.63) is 64.5 Å². The Kier molecular flexibility index (Phi) is 4.58. The third-order valence-corrected chi connectivity index (χ3v) is 2.73. The second-order valence-corrected chi connectivity index (χ2v) is 4.23. The van der Waals surface area contributed by atoms with E-state index in [0.29, 0.717) is 6.21 Å². The van der Waals surface area contributed by atoms with Crippen molar-refractivity contribution in [1.29, 1.82) is 0 Å². The number of carbonyl (C=O) groups is 1. The molecule has 2 aromatic carbocycles. The summed E-state index contributed by atoms with van der Waals surface area (Å²) in [5.74, 6) is -11.6. The van der Waals surface area contributed by atoms with Crippen molar-refractivity contribution >= 4 is 12.1 Å².